The van der Waals surface area contributed by atoms with Gasteiger partial charge in [0.15, 0.2) is 0 Å². The molecule has 1 aliphatic heterocycles. The first-order valence-electron chi connectivity index (χ1n) is 8.25. The number of rotatable bonds is 6. The molecule has 1 aromatic rings. The van der Waals surface area contributed by atoms with E-state index in [1.54, 1.807) is 6.07 Å². The Hall–Kier alpha value is -1.13. The predicted octanol–water partition coefficient (Wildman–Crippen LogP) is 2.61. The van der Waals surface area contributed by atoms with Crippen LogP contribution in [0.2, 0.25) is 0 Å². The summed E-state index contributed by atoms with van der Waals surface area (Å²) in [6, 6.07) is 6.38. The van der Waals surface area contributed by atoms with E-state index in [0.29, 0.717) is 6.04 Å². The van der Waals surface area contributed by atoms with Crippen LogP contribution in [0.3, 0.4) is 0 Å². The fourth-order valence-corrected chi connectivity index (χ4v) is 3.00. The Morgan fingerprint density at radius 2 is 1.95 bits per heavy atom. The first-order valence-corrected chi connectivity index (χ1v) is 8.25. The third-order valence-electron chi connectivity index (χ3n) is 4.44. The molecule has 4 heteroatoms. The zero-order valence-corrected chi connectivity index (χ0v) is 12.9. The van der Waals surface area contributed by atoms with E-state index < -0.39 is 0 Å². The summed E-state index contributed by atoms with van der Waals surface area (Å²) in [4.78, 5) is 4.64. The van der Waals surface area contributed by atoms with Gasteiger partial charge in [-0.05, 0) is 43.5 Å². The van der Waals surface area contributed by atoms with E-state index in [1.807, 2.05) is 6.07 Å². The van der Waals surface area contributed by atoms with Crippen LogP contribution in [0.15, 0.2) is 18.2 Å². The number of nitrogens with zero attached hydrogens (tertiary/aromatic N) is 2. The molecule has 0 radical (unpaired) electrons. The smallest absolute Gasteiger partial charge is 0.146 e. The van der Waals surface area contributed by atoms with E-state index in [1.165, 1.54) is 19.3 Å². The molecule has 0 amide bonds. The summed E-state index contributed by atoms with van der Waals surface area (Å²) in [6.07, 6.45) is 3.72. The highest BCUT2D eigenvalue weighted by Crippen LogP contribution is 2.23. The second-order valence-electron chi connectivity index (χ2n) is 6.27. The van der Waals surface area contributed by atoms with Crippen molar-refractivity contribution in [3.8, 4) is 0 Å². The van der Waals surface area contributed by atoms with Crippen LogP contribution in [0.25, 0.3) is 0 Å². The Morgan fingerprint density at radius 3 is 2.57 bits per heavy atom. The number of benzene rings is 1. The molecular formula is C17H26FN3. The lowest BCUT2D eigenvalue weighted by Gasteiger charge is -2.36. The molecule has 1 aromatic carbocycles. The van der Waals surface area contributed by atoms with E-state index in [-0.39, 0.29) is 5.82 Å². The lowest BCUT2D eigenvalue weighted by molar-refractivity contribution is 0.258. The Labute approximate surface area is 127 Å². The third-order valence-corrected chi connectivity index (χ3v) is 4.44. The van der Waals surface area contributed by atoms with Crippen molar-refractivity contribution in [3.05, 3.63) is 29.6 Å². The van der Waals surface area contributed by atoms with Crippen LogP contribution in [-0.4, -0.2) is 43.7 Å². The van der Waals surface area contributed by atoms with Gasteiger partial charge in [-0.25, -0.2) is 4.39 Å². The van der Waals surface area contributed by atoms with Gasteiger partial charge in [0.2, 0.25) is 0 Å². The first-order chi connectivity index (χ1) is 10.3. The SMILES string of the molecule is CCCN1CCN(c2ccc(CNC3CC3)cc2F)CC1. The number of anilines is 1. The highest BCUT2D eigenvalue weighted by Gasteiger charge is 2.21. The van der Waals surface area contributed by atoms with Crippen molar-refractivity contribution >= 4 is 5.69 Å². The average Bonchev–Trinajstić information content (AvgIpc) is 3.31. The van der Waals surface area contributed by atoms with Gasteiger partial charge in [-0.1, -0.05) is 13.0 Å². The van der Waals surface area contributed by atoms with Crippen LogP contribution in [0, 0.1) is 5.82 Å². The zero-order valence-electron chi connectivity index (χ0n) is 12.9. The molecule has 116 valence electrons. The van der Waals surface area contributed by atoms with Crippen LogP contribution in [0.5, 0.6) is 0 Å². The molecule has 3 nitrogen and oxygen atoms in total. The van der Waals surface area contributed by atoms with Gasteiger partial charge in [0.1, 0.15) is 5.82 Å². The average molecular weight is 291 g/mol. The molecule has 0 aromatic heterocycles. The highest BCUT2D eigenvalue weighted by molar-refractivity contribution is 5.49. The van der Waals surface area contributed by atoms with Gasteiger partial charge in [-0.15, -0.1) is 0 Å². The van der Waals surface area contributed by atoms with Gasteiger partial charge in [-0.2, -0.15) is 0 Å². The molecule has 2 aliphatic rings. The number of nitrogens with one attached hydrogen (secondary N) is 1. The second kappa shape index (κ2) is 6.75. The van der Waals surface area contributed by atoms with Crippen molar-refractivity contribution in [1.29, 1.82) is 0 Å². The number of hydrogen-bond donors (Lipinski definition) is 1. The van der Waals surface area contributed by atoms with Gasteiger partial charge in [-0.3, -0.25) is 4.90 Å². The molecule has 21 heavy (non-hydrogen) atoms. The molecule has 0 bridgehead atoms. The summed E-state index contributed by atoms with van der Waals surface area (Å²) in [7, 11) is 0. The van der Waals surface area contributed by atoms with E-state index in [9.17, 15) is 4.39 Å². The maximum atomic E-state index is 14.3. The Kier molecular flexibility index (Phi) is 4.76. The maximum absolute atomic E-state index is 14.3. The minimum atomic E-state index is -0.0750. The van der Waals surface area contributed by atoms with Crippen LogP contribution < -0.4 is 10.2 Å². The summed E-state index contributed by atoms with van der Waals surface area (Å²) in [6.45, 7) is 8.08. The van der Waals surface area contributed by atoms with Crippen molar-refractivity contribution < 1.29 is 4.39 Å². The number of halogens is 1. The largest absolute Gasteiger partial charge is 0.367 e. The van der Waals surface area contributed by atoms with Gasteiger partial charge in [0.25, 0.3) is 0 Å². The predicted molar refractivity (Wildman–Crippen MR) is 85.2 cm³/mol. The van der Waals surface area contributed by atoms with E-state index in [0.717, 1.165) is 50.5 Å². The summed E-state index contributed by atoms with van der Waals surface area (Å²) in [5.41, 5.74) is 1.81. The van der Waals surface area contributed by atoms with Gasteiger partial charge in [0, 0.05) is 38.8 Å². The molecule has 1 heterocycles. The highest BCUT2D eigenvalue weighted by atomic mass is 19.1. The summed E-state index contributed by atoms with van der Waals surface area (Å²) < 4.78 is 14.3. The topological polar surface area (TPSA) is 18.5 Å². The van der Waals surface area contributed by atoms with Crippen molar-refractivity contribution in [3.63, 3.8) is 0 Å². The van der Waals surface area contributed by atoms with Crippen molar-refractivity contribution in [1.82, 2.24) is 10.2 Å². The summed E-state index contributed by atoms with van der Waals surface area (Å²) in [5, 5.41) is 3.43. The quantitative estimate of drug-likeness (QED) is 0.869. The lowest BCUT2D eigenvalue weighted by atomic mass is 10.1. The minimum Gasteiger partial charge on any atom is -0.367 e. The molecule has 0 unspecified atom stereocenters. The second-order valence-corrected chi connectivity index (χ2v) is 6.27. The minimum absolute atomic E-state index is 0.0750. The normalized spacial score (nSPS) is 20.0. The van der Waals surface area contributed by atoms with Gasteiger partial charge < -0.3 is 10.2 Å². The summed E-state index contributed by atoms with van der Waals surface area (Å²) >= 11 is 0. The van der Waals surface area contributed by atoms with Crippen LogP contribution in [0.4, 0.5) is 10.1 Å². The zero-order chi connectivity index (χ0) is 14.7. The molecule has 1 aliphatic carbocycles. The van der Waals surface area contributed by atoms with Crippen LogP contribution in [0.1, 0.15) is 31.7 Å². The fourth-order valence-electron chi connectivity index (χ4n) is 3.00. The van der Waals surface area contributed by atoms with E-state index in [2.05, 4.69) is 28.1 Å². The Balaban J connectivity index is 1.57. The van der Waals surface area contributed by atoms with E-state index in [4.69, 9.17) is 0 Å². The third kappa shape index (κ3) is 3.95. The molecule has 0 atom stereocenters. The first kappa shape index (κ1) is 14.8. The van der Waals surface area contributed by atoms with E-state index >= 15 is 0 Å². The van der Waals surface area contributed by atoms with Crippen molar-refractivity contribution in [2.45, 2.75) is 38.8 Å². The van der Waals surface area contributed by atoms with Crippen LogP contribution in [-0.2, 0) is 6.54 Å². The van der Waals surface area contributed by atoms with Gasteiger partial charge in [0.05, 0.1) is 5.69 Å². The maximum Gasteiger partial charge on any atom is 0.146 e. The number of hydrogen-bond acceptors (Lipinski definition) is 3. The molecule has 1 saturated heterocycles. The monoisotopic (exact) mass is 291 g/mol. The molecule has 1 saturated carbocycles. The fraction of sp³-hybridized carbons (Fsp3) is 0.647. The Bertz CT molecular complexity index is 465. The number of piperazine rings is 1. The van der Waals surface area contributed by atoms with Gasteiger partial charge >= 0.3 is 0 Å². The Morgan fingerprint density at radius 1 is 1.19 bits per heavy atom. The molecule has 0 spiro atoms. The van der Waals surface area contributed by atoms with Crippen molar-refractivity contribution in [2.24, 2.45) is 0 Å². The molecule has 1 N–H and O–H groups in total. The summed E-state index contributed by atoms with van der Waals surface area (Å²) in [5.74, 6) is -0.0750. The molecule has 2 fully saturated rings. The van der Waals surface area contributed by atoms with Crippen molar-refractivity contribution in [2.75, 3.05) is 37.6 Å². The molecular weight excluding hydrogens is 265 g/mol. The van der Waals surface area contributed by atoms with Crippen LogP contribution >= 0.6 is 0 Å². The lowest BCUT2D eigenvalue weighted by Crippen LogP contribution is -2.46. The molecule has 3 rings (SSSR count). The standard InChI is InChI=1S/C17H26FN3/c1-2-7-20-8-10-21(11-9-20)17-6-3-14(12-16(17)18)13-19-15-4-5-15/h3,6,12,15,19H,2,4-5,7-11,13H2,1H3.